The molecule has 0 radical (unpaired) electrons. The van der Waals surface area contributed by atoms with E-state index in [0.29, 0.717) is 5.58 Å². The number of ether oxygens (including phenoxy) is 1. The van der Waals surface area contributed by atoms with Gasteiger partial charge in [0.1, 0.15) is 11.3 Å². The molecule has 0 bridgehead atoms. The summed E-state index contributed by atoms with van der Waals surface area (Å²) in [6.07, 6.45) is 0.152. The van der Waals surface area contributed by atoms with Crippen molar-refractivity contribution in [2.75, 3.05) is 0 Å². The van der Waals surface area contributed by atoms with Crippen molar-refractivity contribution < 1.29 is 9.15 Å². The van der Waals surface area contributed by atoms with Crippen LogP contribution in [-0.4, -0.2) is 6.10 Å². The second-order valence-electron chi connectivity index (χ2n) is 5.45. The molecule has 0 unspecified atom stereocenters. The largest absolute Gasteiger partial charge is 0.491 e. The number of fused-ring (bicyclic) bond motifs is 1. The predicted molar refractivity (Wildman–Crippen MR) is 90.7 cm³/mol. The standard InChI is InChI=1S/C20H16O3/c1-14(2)22-18-10-6-15(7-11-18)3-4-16-5-8-17-9-12-20(21)23-19(17)13-16/h5-14H,1-2H3. The van der Waals surface area contributed by atoms with E-state index < -0.39 is 0 Å². The molecule has 1 heterocycles. The molecule has 0 aliphatic carbocycles. The molecule has 0 atom stereocenters. The van der Waals surface area contributed by atoms with Crippen LogP contribution in [0.15, 0.2) is 63.8 Å². The molecule has 0 aliphatic heterocycles. The Morgan fingerprint density at radius 2 is 1.57 bits per heavy atom. The zero-order valence-electron chi connectivity index (χ0n) is 13.0. The van der Waals surface area contributed by atoms with E-state index in [2.05, 4.69) is 11.8 Å². The van der Waals surface area contributed by atoms with E-state index >= 15 is 0 Å². The third kappa shape index (κ3) is 3.81. The van der Waals surface area contributed by atoms with Gasteiger partial charge in [-0.2, -0.15) is 0 Å². The highest BCUT2D eigenvalue weighted by Crippen LogP contribution is 2.15. The fourth-order valence-electron chi connectivity index (χ4n) is 2.17. The lowest BCUT2D eigenvalue weighted by molar-refractivity contribution is 0.242. The van der Waals surface area contributed by atoms with E-state index in [0.717, 1.165) is 22.3 Å². The Morgan fingerprint density at radius 1 is 0.913 bits per heavy atom. The highest BCUT2D eigenvalue weighted by atomic mass is 16.5. The van der Waals surface area contributed by atoms with Crippen molar-refractivity contribution in [3.63, 3.8) is 0 Å². The third-order valence-electron chi connectivity index (χ3n) is 3.20. The molecule has 3 rings (SSSR count). The van der Waals surface area contributed by atoms with E-state index in [1.165, 1.54) is 6.07 Å². The van der Waals surface area contributed by atoms with Gasteiger partial charge in [0.2, 0.25) is 0 Å². The van der Waals surface area contributed by atoms with E-state index in [9.17, 15) is 4.79 Å². The molecule has 0 saturated carbocycles. The number of hydrogen-bond donors (Lipinski definition) is 0. The molecular weight excluding hydrogens is 288 g/mol. The lowest BCUT2D eigenvalue weighted by Gasteiger charge is -2.08. The Labute approximate surface area is 134 Å². The first-order valence-corrected chi connectivity index (χ1v) is 7.43. The van der Waals surface area contributed by atoms with Crippen LogP contribution in [0, 0.1) is 11.8 Å². The van der Waals surface area contributed by atoms with Crippen LogP contribution >= 0.6 is 0 Å². The van der Waals surface area contributed by atoms with Gasteiger partial charge in [-0.3, -0.25) is 0 Å². The lowest BCUT2D eigenvalue weighted by Crippen LogP contribution is -2.05. The zero-order chi connectivity index (χ0) is 16.2. The molecule has 0 fully saturated rings. The van der Waals surface area contributed by atoms with E-state index in [4.69, 9.17) is 9.15 Å². The van der Waals surface area contributed by atoms with Crippen LogP contribution in [-0.2, 0) is 0 Å². The van der Waals surface area contributed by atoms with Crippen LogP contribution in [0.25, 0.3) is 11.0 Å². The SMILES string of the molecule is CC(C)Oc1ccc(C#Cc2ccc3ccc(=O)oc3c2)cc1. The topological polar surface area (TPSA) is 39.4 Å². The summed E-state index contributed by atoms with van der Waals surface area (Å²) in [7, 11) is 0. The molecule has 3 aromatic rings. The summed E-state index contributed by atoms with van der Waals surface area (Å²) in [5.74, 6) is 7.01. The normalized spacial score (nSPS) is 10.4. The van der Waals surface area contributed by atoms with Gasteiger partial charge in [0.15, 0.2) is 0 Å². The van der Waals surface area contributed by atoms with Crippen molar-refractivity contribution in [1.82, 2.24) is 0 Å². The Morgan fingerprint density at radius 3 is 2.30 bits per heavy atom. The molecule has 0 aliphatic rings. The van der Waals surface area contributed by atoms with E-state index in [-0.39, 0.29) is 11.7 Å². The number of benzene rings is 2. The van der Waals surface area contributed by atoms with Crippen molar-refractivity contribution in [3.05, 3.63) is 76.1 Å². The highest BCUT2D eigenvalue weighted by Gasteiger charge is 1.98. The van der Waals surface area contributed by atoms with Gasteiger partial charge in [-0.25, -0.2) is 4.79 Å². The van der Waals surface area contributed by atoms with Crippen molar-refractivity contribution in [1.29, 1.82) is 0 Å². The van der Waals surface area contributed by atoms with Gasteiger partial charge >= 0.3 is 5.63 Å². The molecular formula is C20H16O3. The molecule has 3 nitrogen and oxygen atoms in total. The first-order chi connectivity index (χ1) is 11.1. The summed E-state index contributed by atoms with van der Waals surface area (Å²) in [6.45, 7) is 3.98. The summed E-state index contributed by atoms with van der Waals surface area (Å²) in [5.41, 5.74) is 1.89. The summed E-state index contributed by atoms with van der Waals surface area (Å²) in [5, 5.41) is 0.880. The first-order valence-electron chi connectivity index (χ1n) is 7.43. The molecule has 0 N–H and O–H groups in total. The second-order valence-corrected chi connectivity index (χ2v) is 5.45. The van der Waals surface area contributed by atoms with Gasteiger partial charge in [-0.1, -0.05) is 11.8 Å². The summed E-state index contributed by atoms with van der Waals surface area (Å²) in [4.78, 5) is 11.3. The van der Waals surface area contributed by atoms with Gasteiger partial charge in [0, 0.05) is 22.6 Å². The predicted octanol–water partition coefficient (Wildman–Crippen LogP) is 3.98. The van der Waals surface area contributed by atoms with Gasteiger partial charge in [-0.15, -0.1) is 0 Å². The highest BCUT2D eigenvalue weighted by molar-refractivity contribution is 5.77. The van der Waals surface area contributed by atoms with Crippen LogP contribution in [0.4, 0.5) is 0 Å². The first kappa shape index (κ1) is 14.9. The summed E-state index contributed by atoms with van der Waals surface area (Å²) in [6, 6.07) is 16.4. The Kier molecular flexibility index (Phi) is 4.16. The molecule has 0 spiro atoms. The van der Waals surface area contributed by atoms with Crippen molar-refractivity contribution in [2.45, 2.75) is 20.0 Å². The van der Waals surface area contributed by atoms with Crippen LogP contribution in [0.5, 0.6) is 5.75 Å². The molecule has 1 aromatic heterocycles. The van der Waals surface area contributed by atoms with Crippen LogP contribution in [0.3, 0.4) is 0 Å². The average Bonchev–Trinajstić information content (AvgIpc) is 2.53. The Bertz CT molecular complexity index is 938. The average molecular weight is 304 g/mol. The molecule has 114 valence electrons. The molecule has 0 amide bonds. The Hall–Kier alpha value is -2.99. The lowest BCUT2D eigenvalue weighted by atomic mass is 10.1. The Balaban J connectivity index is 1.84. The molecule has 3 heteroatoms. The van der Waals surface area contributed by atoms with Crippen LogP contribution < -0.4 is 10.4 Å². The summed E-state index contributed by atoms with van der Waals surface area (Å²) >= 11 is 0. The summed E-state index contributed by atoms with van der Waals surface area (Å²) < 4.78 is 10.8. The third-order valence-corrected chi connectivity index (χ3v) is 3.20. The minimum Gasteiger partial charge on any atom is -0.491 e. The minimum atomic E-state index is -0.358. The minimum absolute atomic E-state index is 0.152. The van der Waals surface area contributed by atoms with Crippen molar-refractivity contribution in [2.24, 2.45) is 0 Å². The van der Waals surface area contributed by atoms with Crippen LogP contribution in [0.2, 0.25) is 0 Å². The maximum Gasteiger partial charge on any atom is 0.336 e. The number of rotatable bonds is 2. The molecule has 23 heavy (non-hydrogen) atoms. The molecule has 0 saturated heterocycles. The molecule has 2 aromatic carbocycles. The quantitative estimate of drug-likeness (QED) is 0.531. The monoisotopic (exact) mass is 304 g/mol. The van der Waals surface area contributed by atoms with Crippen molar-refractivity contribution in [3.8, 4) is 17.6 Å². The van der Waals surface area contributed by atoms with Crippen LogP contribution in [0.1, 0.15) is 25.0 Å². The maximum atomic E-state index is 11.3. The van der Waals surface area contributed by atoms with Gasteiger partial charge in [-0.05, 0) is 62.4 Å². The van der Waals surface area contributed by atoms with Gasteiger partial charge < -0.3 is 9.15 Å². The van der Waals surface area contributed by atoms with Crippen molar-refractivity contribution >= 4 is 11.0 Å². The smallest absolute Gasteiger partial charge is 0.336 e. The van der Waals surface area contributed by atoms with Gasteiger partial charge in [0.05, 0.1) is 6.10 Å². The van der Waals surface area contributed by atoms with E-state index in [1.807, 2.05) is 50.2 Å². The number of hydrogen-bond acceptors (Lipinski definition) is 3. The maximum absolute atomic E-state index is 11.3. The fourth-order valence-corrected chi connectivity index (χ4v) is 2.17. The fraction of sp³-hybridized carbons (Fsp3) is 0.150. The van der Waals surface area contributed by atoms with Gasteiger partial charge in [0.25, 0.3) is 0 Å². The van der Waals surface area contributed by atoms with E-state index in [1.54, 1.807) is 12.1 Å². The second kappa shape index (κ2) is 6.41. The zero-order valence-corrected chi connectivity index (χ0v) is 13.0.